The molecule has 9 nitrogen and oxygen atoms in total. The van der Waals surface area contributed by atoms with Gasteiger partial charge >= 0.3 is 0 Å². The summed E-state index contributed by atoms with van der Waals surface area (Å²) in [5.41, 5.74) is -0.170. The van der Waals surface area contributed by atoms with Gasteiger partial charge in [0.15, 0.2) is 6.79 Å². The molecule has 11 heteroatoms. The van der Waals surface area contributed by atoms with Crippen LogP contribution in [0.1, 0.15) is 31.2 Å². The molecular formula is C18H22ClN3O6S. The fraction of sp³-hybridized carbons (Fsp3) is 0.444. The van der Waals surface area contributed by atoms with Crippen molar-refractivity contribution in [2.45, 2.75) is 43.0 Å². The van der Waals surface area contributed by atoms with Crippen molar-refractivity contribution in [3.8, 4) is 5.75 Å². The molecule has 0 radical (unpaired) electrons. The molecule has 0 unspecified atom stereocenters. The van der Waals surface area contributed by atoms with Gasteiger partial charge in [0.05, 0.1) is 5.02 Å². The van der Waals surface area contributed by atoms with E-state index in [-0.39, 0.29) is 35.5 Å². The Bertz CT molecular complexity index is 1070. The molecule has 3 rings (SSSR count). The Kier molecular flexibility index (Phi) is 6.47. The number of nitrogens with one attached hydrogen (secondary N) is 2. The molecule has 0 aliphatic heterocycles. The normalized spacial score (nSPS) is 15.0. The zero-order valence-corrected chi connectivity index (χ0v) is 17.1. The lowest BCUT2D eigenvalue weighted by Gasteiger charge is -2.19. The largest absolute Gasteiger partial charge is 0.466 e. The molecule has 0 spiro atoms. The first-order valence-corrected chi connectivity index (χ1v) is 11.1. The second-order valence-electron chi connectivity index (χ2n) is 6.89. The van der Waals surface area contributed by atoms with Gasteiger partial charge < -0.3 is 20.5 Å². The van der Waals surface area contributed by atoms with Crippen molar-refractivity contribution in [2.24, 2.45) is 5.14 Å². The summed E-state index contributed by atoms with van der Waals surface area (Å²) in [5, 5.41) is 20.3. The molecule has 0 saturated heterocycles. The zero-order valence-electron chi connectivity index (χ0n) is 15.5. The van der Waals surface area contributed by atoms with Crippen molar-refractivity contribution in [3.05, 3.63) is 43.2 Å². The molecule has 1 saturated carbocycles. The third kappa shape index (κ3) is 4.55. The van der Waals surface area contributed by atoms with Crippen LogP contribution in [-0.4, -0.2) is 32.9 Å². The number of hydrogen-bond donors (Lipinski definition) is 4. The van der Waals surface area contributed by atoms with Crippen molar-refractivity contribution < 1.29 is 18.3 Å². The Labute approximate surface area is 172 Å². The topological polar surface area (TPSA) is 148 Å². The highest BCUT2D eigenvalue weighted by Gasteiger charge is 2.26. The van der Waals surface area contributed by atoms with E-state index in [9.17, 15) is 18.0 Å². The first-order chi connectivity index (χ1) is 13.7. The Balaban J connectivity index is 1.75. The van der Waals surface area contributed by atoms with E-state index in [1.807, 2.05) is 0 Å². The number of primary sulfonamides is 1. The molecule has 1 aliphatic rings. The van der Waals surface area contributed by atoms with E-state index in [1.165, 1.54) is 6.07 Å². The standard InChI is InChI=1S/C18H22ClN3O6S/c19-12-6-5-10(17(28-9-23)18(12)29(20,26)27)7-8-21-13-14(16(25)15(13)24)22-11-3-1-2-4-11/h5-6,11,21-23H,1-4,7-9H2,(H2,20,26,27). The van der Waals surface area contributed by atoms with Crippen LogP contribution in [0.4, 0.5) is 11.4 Å². The van der Waals surface area contributed by atoms with Crippen LogP contribution in [-0.2, 0) is 16.4 Å². The highest BCUT2D eigenvalue weighted by molar-refractivity contribution is 7.89. The van der Waals surface area contributed by atoms with Gasteiger partial charge in [-0.05, 0) is 30.9 Å². The molecule has 0 atom stereocenters. The van der Waals surface area contributed by atoms with Gasteiger partial charge in [-0.15, -0.1) is 0 Å². The maximum absolute atomic E-state index is 11.9. The Morgan fingerprint density at radius 1 is 1.17 bits per heavy atom. The van der Waals surface area contributed by atoms with Crippen molar-refractivity contribution in [1.82, 2.24) is 0 Å². The van der Waals surface area contributed by atoms with Crippen LogP contribution in [0, 0.1) is 0 Å². The number of aliphatic hydroxyl groups excluding tert-OH is 1. The van der Waals surface area contributed by atoms with Gasteiger partial charge in [0.1, 0.15) is 22.0 Å². The van der Waals surface area contributed by atoms with Crippen LogP contribution in [0.2, 0.25) is 5.02 Å². The van der Waals surface area contributed by atoms with Gasteiger partial charge in [-0.3, -0.25) is 9.59 Å². The van der Waals surface area contributed by atoms with Gasteiger partial charge in [0.25, 0.3) is 10.9 Å². The average Bonchev–Trinajstić information content (AvgIpc) is 3.17. The van der Waals surface area contributed by atoms with Gasteiger partial charge in [-0.1, -0.05) is 30.5 Å². The second kappa shape index (κ2) is 8.70. The minimum Gasteiger partial charge on any atom is -0.466 e. The molecule has 0 bridgehead atoms. The fourth-order valence-electron chi connectivity index (χ4n) is 3.56. The number of anilines is 2. The van der Waals surface area contributed by atoms with Gasteiger partial charge in [0, 0.05) is 12.6 Å². The van der Waals surface area contributed by atoms with Crippen LogP contribution in [0.15, 0.2) is 26.6 Å². The number of halogens is 1. The lowest BCUT2D eigenvalue weighted by atomic mass is 10.1. The van der Waals surface area contributed by atoms with Crippen LogP contribution in [0.5, 0.6) is 5.75 Å². The Morgan fingerprint density at radius 2 is 1.83 bits per heavy atom. The third-order valence-corrected chi connectivity index (χ3v) is 6.35. The molecule has 0 heterocycles. The first-order valence-electron chi connectivity index (χ1n) is 9.15. The van der Waals surface area contributed by atoms with Crippen LogP contribution >= 0.6 is 11.6 Å². The maximum Gasteiger partial charge on any atom is 0.253 e. The lowest BCUT2D eigenvalue weighted by Crippen LogP contribution is -2.39. The number of rotatable bonds is 9. The Hall–Kier alpha value is -2.14. The number of ether oxygens (including phenoxy) is 1. The van der Waals surface area contributed by atoms with E-state index in [1.54, 1.807) is 6.07 Å². The molecule has 0 amide bonds. The fourth-order valence-corrected chi connectivity index (χ4v) is 4.82. The van der Waals surface area contributed by atoms with E-state index in [0.29, 0.717) is 11.3 Å². The maximum atomic E-state index is 11.9. The van der Waals surface area contributed by atoms with Crippen LogP contribution in [0.3, 0.4) is 0 Å². The summed E-state index contributed by atoms with van der Waals surface area (Å²) < 4.78 is 28.7. The summed E-state index contributed by atoms with van der Waals surface area (Å²) in [6.07, 6.45) is 4.33. The predicted octanol–water partition coefficient (Wildman–Crippen LogP) is 0.921. The second-order valence-corrected chi connectivity index (χ2v) is 8.80. The summed E-state index contributed by atoms with van der Waals surface area (Å²) in [6, 6.07) is 3.10. The van der Waals surface area contributed by atoms with Crippen molar-refractivity contribution in [1.29, 1.82) is 0 Å². The van der Waals surface area contributed by atoms with Crippen LogP contribution in [0.25, 0.3) is 0 Å². The minimum absolute atomic E-state index is 0.127. The number of nitrogens with two attached hydrogens (primary N) is 1. The Morgan fingerprint density at radius 3 is 2.45 bits per heavy atom. The monoisotopic (exact) mass is 443 g/mol. The van der Waals surface area contributed by atoms with Gasteiger partial charge in [0.2, 0.25) is 10.0 Å². The molecule has 2 aromatic carbocycles. The molecule has 2 aromatic rings. The molecule has 1 aliphatic carbocycles. The van der Waals surface area contributed by atoms with Crippen LogP contribution < -0.4 is 31.4 Å². The summed E-state index contributed by atoms with van der Waals surface area (Å²) in [7, 11) is -4.19. The molecule has 5 N–H and O–H groups in total. The van der Waals surface area contributed by atoms with Gasteiger partial charge in [-0.25, -0.2) is 13.6 Å². The van der Waals surface area contributed by atoms with Gasteiger partial charge in [-0.2, -0.15) is 0 Å². The van der Waals surface area contributed by atoms with Crippen molar-refractivity contribution >= 4 is 33.0 Å². The zero-order chi connectivity index (χ0) is 21.2. The molecule has 29 heavy (non-hydrogen) atoms. The molecule has 0 aromatic heterocycles. The van der Waals surface area contributed by atoms with E-state index in [2.05, 4.69) is 10.6 Å². The summed E-state index contributed by atoms with van der Waals surface area (Å²) in [6.45, 7) is -0.547. The smallest absolute Gasteiger partial charge is 0.253 e. The quantitative estimate of drug-likeness (QED) is 0.330. The molecule has 1 fully saturated rings. The molecular weight excluding hydrogens is 422 g/mol. The number of sulfonamides is 1. The third-order valence-electron chi connectivity index (χ3n) is 4.95. The van der Waals surface area contributed by atoms with Crippen molar-refractivity contribution in [2.75, 3.05) is 24.0 Å². The minimum atomic E-state index is -4.19. The average molecular weight is 444 g/mol. The predicted molar refractivity (Wildman–Crippen MR) is 110 cm³/mol. The summed E-state index contributed by atoms with van der Waals surface area (Å²) >= 11 is 5.94. The number of hydrogen-bond acceptors (Lipinski definition) is 8. The highest BCUT2D eigenvalue weighted by Crippen LogP contribution is 2.34. The van der Waals surface area contributed by atoms with E-state index in [0.717, 1.165) is 25.7 Å². The van der Waals surface area contributed by atoms with Crippen molar-refractivity contribution in [3.63, 3.8) is 0 Å². The SMILES string of the molecule is NS(=O)(=O)c1c(Cl)ccc(CCNc2c(NC3CCCC3)c(=O)c2=O)c1OCO. The molecule has 158 valence electrons. The van der Waals surface area contributed by atoms with E-state index < -0.39 is 32.6 Å². The van der Waals surface area contributed by atoms with E-state index in [4.69, 9.17) is 26.6 Å². The highest BCUT2D eigenvalue weighted by atomic mass is 35.5. The number of aliphatic hydroxyl groups is 1. The first kappa shape index (κ1) is 21.6. The number of benzene rings is 1. The summed E-state index contributed by atoms with van der Waals surface area (Å²) in [4.78, 5) is 23.4. The van der Waals surface area contributed by atoms with E-state index >= 15 is 0 Å². The summed E-state index contributed by atoms with van der Waals surface area (Å²) in [5.74, 6) is -0.140. The lowest BCUT2D eigenvalue weighted by molar-refractivity contribution is 0.0947.